The first-order chi connectivity index (χ1) is 6.77. The molecule has 1 heteroatoms. The molecule has 0 aromatic carbocycles. The Morgan fingerprint density at radius 2 is 2.21 bits per heavy atom. The number of rotatable bonds is 1. The molecular weight excluding hydrogens is 170 g/mol. The summed E-state index contributed by atoms with van der Waals surface area (Å²) >= 11 is 0. The second-order valence-electron chi connectivity index (χ2n) is 4.65. The third-order valence-electron chi connectivity index (χ3n) is 3.42. The zero-order valence-electron chi connectivity index (χ0n) is 9.16. The molecule has 1 aliphatic rings. The van der Waals surface area contributed by atoms with Gasteiger partial charge in [0.15, 0.2) is 0 Å². The first kappa shape index (κ1) is 9.70. The zero-order valence-corrected chi connectivity index (χ0v) is 9.16. The Balaban J connectivity index is 2.18. The number of pyridine rings is 1. The van der Waals surface area contributed by atoms with Crippen LogP contribution in [0.4, 0.5) is 0 Å². The topological polar surface area (TPSA) is 12.9 Å². The van der Waals surface area contributed by atoms with Crippen LogP contribution in [0.5, 0.6) is 0 Å². The summed E-state index contributed by atoms with van der Waals surface area (Å²) in [5.41, 5.74) is 2.71. The van der Waals surface area contributed by atoms with E-state index in [2.05, 4.69) is 31.0 Å². The molecule has 2 unspecified atom stereocenters. The lowest BCUT2D eigenvalue weighted by Crippen LogP contribution is -2.12. The van der Waals surface area contributed by atoms with Gasteiger partial charge in [0.1, 0.15) is 0 Å². The Morgan fingerprint density at radius 3 is 2.93 bits per heavy atom. The number of nitrogens with zero attached hydrogens (tertiary/aromatic N) is 1. The molecule has 1 aromatic heterocycles. The summed E-state index contributed by atoms with van der Waals surface area (Å²) < 4.78 is 0. The monoisotopic (exact) mass is 189 g/mol. The van der Waals surface area contributed by atoms with Crippen LogP contribution in [0.3, 0.4) is 0 Å². The van der Waals surface area contributed by atoms with Crippen LogP contribution in [0.1, 0.15) is 49.8 Å². The van der Waals surface area contributed by atoms with Crippen LogP contribution in [-0.4, -0.2) is 4.98 Å². The molecule has 1 nitrogen and oxygen atoms in total. The fraction of sp³-hybridized carbons (Fsp3) is 0.615. The molecule has 0 aliphatic heterocycles. The van der Waals surface area contributed by atoms with Crippen molar-refractivity contribution in [2.75, 3.05) is 0 Å². The van der Waals surface area contributed by atoms with Crippen molar-refractivity contribution in [1.82, 2.24) is 4.98 Å². The van der Waals surface area contributed by atoms with Gasteiger partial charge in [-0.15, -0.1) is 0 Å². The van der Waals surface area contributed by atoms with Gasteiger partial charge in [0.2, 0.25) is 0 Å². The van der Waals surface area contributed by atoms with E-state index in [0.717, 1.165) is 11.8 Å². The molecule has 2 atom stereocenters. The van der Waals surface area contributed by atoms with Gasteiger partial charge in [0.25, 0.3) is 0 Å². The molecule has 0 bridgehead atoms. The summed E-state index contributed by atoms with van der Waals surface area (Å²) in [7, 11) is 0. The molecule has 1 aromatic rings. The lowest BCUT2D eigenvalue weighted by Gasteiger charge is -2.27. The molecule has 1 fully saturated rings. The Bertz CT molecular complexity index is 306. The van der Waals surface area contributed by atoms with Gasteiger partial charge in [-0.05, 0) is 43.2 Å². The van der Waals surface area contributed by atoms with Crippen molar-refractivity contribution in [3.05, 3.63) is 29.6 Å². The molecule has 1 saturated carbocycles. The van der Waals surface area contributed by atoms with Gasteiger partial charge in [-0.25, -0.2) is 0 Å². The van der Waals surface area contributed by atoms with Crippen LogP contribution in [0.2, 0.25) is 0 Å². The van der Waals surface area contributed by atoms with Crippen molar-refractivity contribution in [1.29, 1.82) is 0 Å². The molecular formula is C13H19N. The van der Waals surface area contributed by atoms with E-state index in [1.807, 2.05) is 6.20 Å². The molecule has 1 aliphatic carbocycles. The van der Waals surface area contributed by atoms with E-state index in [-0.39, 0.29) is 0 Å². The number of aromatic nitrogens is 1. The smallest absolute Gasteiger partial charge is 0.0407 e. The third kappa shape index (κ3) is 1.97. The normalized spacial score (nSPS) is 27.6. The number of hydrogen-bond acceptors (Lipinski definition) is 1. The van der Waals surface area contributed by atoms with Crippen LogP contribution in [-0.2, 0) is 0 Å². The Kier molecular flexibility index (Phi) is 2.85. The highest BCUT2D eigenvalue weighted by atomic mass is 14.7. The first-order valence-electron chi connectivity index (χ1n) is 5.69. The SMILES string of the molecule is Cc1ncccc1C1CCCC(C)C1. The van der Waals surface area contributed by atoms with Gasteiger partial charge < -0.3 is 0 Å². The number of aryl methyl sites for hydroxylation is 1. The van der Waals surface area contributed by atoms with Gasteiger partial charge in [-0.2, -0.15) is 0 Å². The average molecular weight is 189 g/mol. The maximum absolute atomic E-state index is 4.38. The van der Waals surface area contributed by atoms with E-state index in [0.29, 0.717) is 0 Å². The quantitative estimate of drug-likeness (QED) is 0.656. The van der Waals surface area contributed by atoms with Crippen LogP contribution in [0.15, 0.2) is 18.3 Å². The van der Waals surface area contributed by atoms with Crippen LogP contribution < -0.4 is 0 Å². The van der Waals surface area contributed by atoms with E-state index in [9.17, 15) is 0 Å². The summed E-state index contributed by atoms with van der Waals surface area (Å²) in [4.78, 5) is 4.38. The summed E-state index contributed by atoms with van der Waals surface area (Å²) in [6.45, 7) is 4.51. The van der Waals surface area contributed by atoms with E-state index in [1.165, 1.54) is 36.9 Å². The fourth-order valence-corrected chi connectivity index (χ4v) is 2.64. The molecule has 76 valence electrons. The maximum atomic E-state index is 4.38. The van der Waals surface area contributed by atoms with Gasteiger partial charge in [-0.3, -0.25) is 4.98 Å². The third-order valence-corrected chi connectivity index (χ3v) is 3.42. The highest BCUT2D eigenvalue weighted by Gasteiger charge is 2.21. The van der Waals surface area contributed by atoms with Crippen molar-refractivity contribution in [2.45, 2.75) is 45.4 Å². The van der Waals surface area contributed by atoms with Crippen LogP contribution in [0.25, 0.3) is 0 Å². The summed E-state index contributed by atoms with van der Waals surface area (Å²) in [6.07, 6.45) is 7.41. The molecule has 0 N–H and O–H groups in total. The van der Waals surface area contributed by atoms with E-state index < -0.39 is 0 Å². The largest absolute Gasteiger partial charge is 0.261 e. The Labute approximate surface area is 86.6 Å². The standard InChI is InChI=1S/C13H19N/c1-10-5-3-6-12(9-10)13-7-4-8-14-11(13)2/h4,7-8,10,12H,3,5-6,9H2,1-2H3. The Hall–Kier alpha value is -0.850. The highest BCUT2D eigenvalue weighted by molar-refractivity contribution is 5.23. The predicted molar refractivity (Wildman–Crippen MR) is 59.3 cm³/mol. The fourth-order valence-electron chi connectivity index (χ4n) is 2.64. The second kappa shape index (κ2) is 4.12. The number of hydrogen-bond donors (Lipinski definition) is 0. The molecule has 1 heterocycles. The van der Waals surface area contributed by atoms with Crippen molar-refractivity contribution < 1.29 is 0 Å². The van der Waals surface area contributed by atoms with Gasteiger partial charge in [-0.1, -0.05) is 25.8 Å². The summed E-state index contributed by atoms with van der Waals surface area (Å²) in [5.74, 6) is 1.67. The van der Waals surface area contributed by atoms with Crippen molar-refractivity contribution in [3.63, 3.8) is 0 Å². The van der Waals surface area contributed by atoms with Gasteiger partial charge >= 0.3 is 0 Å². The minimum atomic E-state index is 0.771. The molecule has 0 spiro atoms. The van der Waals surface area contributed by atoms with Gasteiger partial charge in [0.05, 0.1) is 0 Å². The second-order valence-corrected chi connectivity index (χ2v) is 4.65. The average Bonchev–Trinajstić information content (AvgIpc) is 2.18. The van der Waals surface area contributed by atoms with E-state index >= 15 is 0 Å². The van der Waals surface area contributed by atoms with Crippen molar-refractivity contribution in [2.24, 2.45) is 5.92 Å². The highest BCUT2D eigenvalue weighted by Crippen LogP contribution is 2.36. The molecule has 0 saturated heterocycles. The zero-order chi connectivity index (χ0) is 9.97. The van der Waals surface area contributed by atoms with Crippen LogP contribution in [0, 0.1) is 12.8 Å². The molecule has 2 rings (SSSR count). The maximum Gasteiger partial charge on any atom is 0.0407 e. The summed E-state index contributed by atoms with van der Waals surface area (Å²) in [5, 5.41) is 0. The summed E-state index contributed by atoms with van der Waals surface area (Å²) in [6, 6.07) is 4.33. The lowest BCUT2D eigenvalue weighted by molar-refractivity contribution is 0.343. The lowest BCUT2D eigenvalue weighted by atomic mass is 9.78. The minimum absolute atomic E-state index is 0.771. The minimum Gasteiger partial charge on any atom is -0.261 e. The van der Waals surface area contributed by atoms with Crippen LogP contribution >= 0.6 is 0 Å². The van der Waals surface area contributed by atoms with E-state index in [4.69, 9.17) is 0 Å². The van der Waals surface area contributed by atoms with Crippen molar-refractivity contribution in [3.8, 4) is 0 Å². The van der Waals surface area contributed by atoms with E-state index in [1.54, 1.807) is 0 Å². The van der Waals surface area contributed by atoms with Gasteiger partial charge in [0, 0.05) is 11.9 Å². The molecule has 0 radical (unpaired) electrons. The molecule has 14 heavy (non-hydrogen) atoms. The first-order valence-corrected chi connectivity index (χ1v) is 5.69. The van der Waals surface area contributed by atoms with Crippen molar-refractivity contribution >= 4 is 0 Å². The molecule has 0 amide bonds. The predicted octanol–water partition coefficient (Wildman–Crippen LogP) is 3.68. The Morgan fingerprint density at radius 1 is 1.36 bits per heavy atom.